The van der Waals surface area contributed by atoms with Gasteiger partial charge >= 0.3 is 0 Å². The molecule has 0 aliphatic rings. The van der Waals surface area contributed by atoms with Crippen molar-refractivity contribution in [1.82, 2.24) is 9.55 Å². The van der Waals surface area contributed by atoms with Crippen LogP contribution >= 0.6 is 11.6 Å². The van der Waals surface area contributed by atoms with E-state index < -0.39 is 0 Å². The summed E-state index contributed by atoms with van der Waals surface area (Å²) in [4.78, 5) is 4.55. The van der Waals surface area contributed by atoms with E-state index in [1.165, 1.54) is 12.1 Å². The molecule has 0 bridgehead atoms. The number of rotatable bonds is 2. The zero-order valence-corrected chi connectivity index (χ0v) is 12.8. The van der Waals surface area contributed by atoms with Crippen LogP contribution in [0, 0.1) is 11.2 Å². The molecule has 1 aromatic carbocycles. The second kappa shape index (κ2) is 4.78. The van der Waals surface area contributed by atoms with Crippen LogP contribution < -0.4 is 0 Å². The average molecular weight is 283 g/mol. The summed E-state index contributed by atoms with van der Waals surface area (Å²) < 4.78 is 15.6. The largest absolute Gasteiger partial charge is 0.323 e. The smallest absolute Gasteiger partial charge is 0.127 e. The van der Waals surface area contributed by atoms with Crippen LogP contribution in [-0.4, -0.2) is 9.55 Å². The summed E-state index contributed by atoms with van der Waals surface area (Å²) in [6, 6.07) is 4.85. The predicted octanol–water partition coefficient (Wildman–Crippen LogP) is 5.08. The monoisotopic (exact) mass is 282 g/mol. The maximum atomic E-state index is 13.5. The van der Waals surface area contributed by atoms with E-state index >= 15 is 0 Å². The van der Waals surface area contributed by atoms with Crippen LogP contribution in [0.2, 0.25) is 0 Å². The fraction of sp³-hybridized carbons (Fsp3) is 0.533. The van der Waals surface area contributed by atoms with E-state index in [2.05, 4.69) is 37.2 Å². The van der Waals surface area contributed by atoms with Gasteiger partial charge in [-0.2, -0.15) is 0 Å². The van der Waals surface area contributed by atoms with Gasteiger partial charge in [-0.1, -0.05) is 20.8 Å². The highest BCUT2D eigenvalue weighted by atomic mass is 35.5. The number of imidazole rings is 1. The van der Waals surface area contributed by atoms with Crippen LogP contribution in [0.25, 0.3) is 11.0 Å². The Kier molecular flexibility index (Phi) is 3.61. The van der Waals surface area contributed by atoms with Gasteiger partial charge in [-0.15, -0.1) is 11.6 Å². The van der Waals surface area contributed by atoms with Gasteiger partial charge in [0, 0.05) is 6.04 Å². The molecule has 0 spiro atoms. The Balaban J connectivity index is 2.74. The van der Waals surface area contributed by atoms with Crippen molar-refractivity contribution in [2.75, 3.05) is 0 Å². The fourth-order valence-corrected chi connectivity index (χ4v) is 2.31. The third-order valence-corrected chi connectivity index (χ3v) is 3.87. The summed E-state index contributed by atoms with van der Waals surface area (Å²) in [5, 5.41) is -0.208. The van der Waals surface area contributed by atoms with Crippen LogP contribution in [0.3, 0.4) is 0 Å². The minimum Gasteiger partial charge on any atom is -0.323 e. The van der Waals surface area contributed by atoms with Crippen LogP contribution in [-0.2, 0) is 0 Å². The van der Waals surface area contributed by atoms with E-state index in [0.29, 0.717) is 0 Å². The second-order valence-electron chi connectivity index (χ2n) is 6.13. The van der Waals surface area contributed by atoms with E-state index in [9.17, 15) is 4.39 Å². The SMILES string of the molecule is CC(Cl)c1nc2ccc(F)cc2n1C(C)C(C)(C)C. The number of hydrogen-bond acceptors (Lipinski definition) is 1. The average Bonchev–Trinajstić information content (AvgIpc) is 2.65. The lowest BCUT2D eigenvalue weighted by molar-refractivity contribution is 0.262. The number of fused-ring (bicyclic) bond motifs is 1. The van der Waals surface area contributed by atoms with E-state index in [1.54, 1.807) is 6.07 Å². The molecule has 0 aliphatic heterocycles. The Hall–Kier alpha value is -1.09. The molecule has 0 N–H and O–H groups in total. The summed E-state index contributed by atoms with van der Waals surface area (Å²) in [6.07, 6.45) is 0. The Morgan fingerprint density at radius 1 is 1.26 bits per heavy atom. The Labute approximate surface area is 118 Å². The third kappa shape index (κ3) is 2.62. The van der Waals surface area contributed by atoms with Crippen LogP contribution in [0.4, 0.5) is 4.39 Å². The first-order chi connectivity index (χ1) is 8.71. The molecule has 1 aromatic heterocycles. The predicted molar refractivity (Wildman–Crippen MR) is 78.1 cm³/mol. The molecule has 2 aromatic rings. The van der Waals surface area contributed by atoms with Gasteiger partial charge in [0.15, 0.2) is 0 Å². The third-order valence-electron chi connectivity index (χ3n) is 3.68. The Morgan fingerprint density at radius 2 is 1.89 bits per heavy atom. The van der Waals surface area contributed by atoms with Gasteiger partial charge in [0.25, 0.3) is 0 Å². The summed E-state index contributed by atoms with van der Waals surface area (Å²) >= 11 is 6.24. The first-order valence-corrected chi connectivity index (χ1v) is 6.97. The molecule has 2 atom stereocenters. The fourth-order valence-electron chi connectivity index (χ4n) is 2.16. The number of halogens is 2. The minimum absolute atomic E-state index is 0.0421. The zero-order chi connectivity index (χ0) is 14.4. The second-order valence-corrected chi connectivity index (χ2v) is 6.79. The van der Waals surface area contributed by atoms with Gasteiger partial charge in [-0.05, 0) is 37.5 Å². The summed E-state index contributed by atoms with van der Waals surface area (Å²) in [6.45, 7) is 10.5. The Bertz CT molecular complexity index is 596. The van der Waals surface area contributed by atoms with Gasteiger partial charge in [0.05, 0.1) is 16.4 Å². The van der Waals surface area contributed by atoms with Crippen molar-refractivity contribution in [2.45, 2.75) is 46.0 Å². The molecule has 0 aliphatic carbocycles. The van der Waals surface area contributed by atoms with Gasteiger partial charge < -0.3 is 4.57 Å². The van der Waals surface area contributed by atoms with Crippen molar-refractivity contribution < 1.29 is 4.39 Å². The molecule has 2 unspecified atom stereocenters. The van der Waals surface area contributed by atoms with Crippen LogP contribution in [0.5, 0.6) is 0 Å². The van der Waals surface area contributed by atoms with Crippen molar-refractivity contribution in [2.24, 2.45) is 5.41 Å². The van der Waals surface area contributed by atoms with Crippen molar-refractivity contribution >= 4 is 22.6 Å². The van der Waals surface area contributed by atoms with E-state index in [1.807, 2.05) is 6.92 Å². The topological polar surface area (TPSA) is 17.8 Å². The van der Waals surface area contributed by atoms with Gasteiger partial charge in [0.1, 0.15) is 11.6 Å². The molecule has 2 rings (SSSR count). The molecule has 1 heterocycles. The molecule has 4 heteroatoms. The molecule has 0 saturated heterocycles. The maximum Gasteiger partial charge on any atom is 0.127 e. The highest BCUT2D eigenvalue weighted by Crippen LogP contribution is 2.36. The highest BCUT2D eigenvalue weighted by molar-refractivity contribution is 6.20. The number of alkyl halides is 1. The van der Waals surface area contributed by atoms with Crippen molar-refractivity contribution in [3.8, 4) is 0 Å². The maximum absolute atomic E-state index is 13.5. The summed E-state index contributed by atoms with van der Waals surface area (Å²) in [5.74, 6) is 0.549. The van der Waals surface area contributed by atoms with Crippen LogP contribution in [0.1, 0.15) is 51.9 Å². The minimum atomic E-state index is -0.247. The van der Waals surface area contributed by atoms with Crippen molar-refractivity contribution in [3.05, 3.63) is 29.8 Å². The van der Waals surface area contributed by atoms with Gasteiger partial charge in [-0.3, -0.25) is 0 Å². The van der Waals surface area contributed by atoms with Crippen molar-refractivity contribution in [1.29, 1.82) is 0 Å². The summed E-state index contributed by atoms with van der Waals surface area (Å²) in [5.41, 5.74) is 1.64. The molecule has 0 saturated carbocycles. The van der Waals surface area contributed by atoms with Crippen LogP contribution in [0.15, 0.2) is 18.2 Å². The van der Waals surface area contributed by atoms with E-state index in [4.69, 9.17) is 11.6 Å². The lowest BCUT2D eigenvalue weighted by atomic mass is 9.87. The molecular formula is C15H20ClFN2. The van der Waals surface area contributed by atoms with E-state index in [-0.39, 0.29) is 22.7 Å². The molecular weight excluding hydrogens is 263 g/mol. The highest BCUT2D eigenvalue weighted by Gasteiger charge is 2.27. The molecule has 0 amide bonds. The zero-order valence-electron chi connectivity index (χ0n) is 12.0. The van der Waals surface area contributed by atoms with Gasteiger partial charge in [0.2, 0.25) is 0 Å². The molecule has 104 valence electrons. The first-order valence-electron chi connectivity index (χ1n) is 6.53. The number of benzene rings is 1. The Morgan fingerprint density at radius 3 is 2.42 bits per heavy atom. The first kappa shape index (κ1) is 14.3. The number of nitrogens with zero attached hydrogens (tertiary/aromatic N) is 2. The van der Waals surface area contributed by atoms with Crippen molar-refractivity contribution in [3.63, 3.8) is 0 Å². The van der Waals surface area contributed by atoms with Gasteiger partial charge in [-0.25, -0.2) is 9.37 Å². The molecule has 2 nitrogen and oxygen atoms in total. The number of aromatic nitrogens is 2. The quantitative estimate of drug-likeness (QED) is 0.702. The lowest BCUT2D eigenvalue weighted by Crippen LogP contribution is -2.23. The number of hydrogen-bond donors (Lipinski definition) is 0. The molecule has 19 heavy (non-hydrogen) atoms. The summed E-state index contributed by atoms with van der Waals surface area (Å²) in [7, 11) is 0. The standard InChI is InChI=1S/C15H20ClFN2/c1-9(16)14-18-12-7-6-11(17)8-13(12)19(14)10(2)15(3,4)5/h6-10H,1-5H3. The molecule has 0 fully saturated rings. The van der Waals surface area contributed by atoms with E-state index in [0.717, 1.165) is 16.9 Å². The lowest BCUT2D eigenvalue weighted by Gasteiger charge is -2.30. The normalized spacial score (nSPS) is 15.7. The molecule has 0 radical (unpaired) electrons.